The molecule has 150 valence electrons. The molecule has 1 amide bonds. The fourth-order valence-electron chi connectivity index (χ4n) is 4.39. The zero-order chi connectivity index (χ0) is 19.8. The van der Waals surface area contributed by atoms with Crippen LogP contribution in [0.4, 0.5) is 4.39 Å². The van der Waals surface area contributed by atoms with E-state index in [0.29, 0.717) is 17.4 Å². The molecule has 2 aliphatic heterocycles. The van der Waals surface area contributed by atoms with Crippen LogP contribution in [0.15, 0.2) is 41.8 Å². The second-order valence-electron chi connectivity index (χ2n) is 7.79. The normalized spacial score (nSPS) is 18.0. The maximum atomic E-state index is 13.1. The van der Waals surface area contributed by atoms with Crippen molar-refractivity contribution in [3.63, 3.8) is 0 Å². The Kier molecular flexibility index (Phi) is 4.93. The van der Waals surface area contributed by atoms with E-state index < -0.39 is 0 Å². The van der Waals surface area contributed by atoms with Crippen molar-refractivity contribution < 1.29 is 9.18 Å². The zero-order valence-electron chi connectivity index (χ0n) is 16.1. The third kappa shape index (κ3) is 3.72. The zero-order valence-corrected chi connectivity index (χ0v) is 16.9. The molecule has 0 bridgehead atoms. The van der Waals surface area contributed by atoms with Gasteiger partial charge in [-0.1, -0.05) is 0 Å². The van der Waals surface area contributed by atoms with E-state index in [-0.39, 0.29) is 11.7 Å². The number of carbonyl (C=O) groups is 1. The highest BCUT2D eigenvalue weighted by Gasteiger charge is 2.30. The van der Waals surface area contributed by atoms with Crippen molar-refractivity contribution in [1.82, 2.24) is 20.0 Å². The van der Waals surface area contributed by atoms with E-state index in [1.54, 1.807) is 18.2 Å². The monoisotopic (exact) mass is 410 g/mol. The van der Waals surface area contributed by atoms with Gasteiger partial charge in [0, 0.05) is 42.7 Å². The molecule has 2 aliphatic rings. The number of hydrogen-bond acceptors (Lipinski definition) is 4. The summed E-state index contributed by atoms with van der Waals surface area (Å²) < 4.78 is 13.1. The molecule has 1 aromatic carbocycles. The Labute approximate surface area is 173 Å². The van der Waals surface area contributed by atoms with Crippen molar-refractivity contribution >= 4 is 17.2 Å². The number of aromatic amines is 1. The highest BCUT2D eigenvalue weighted by molar-refractivity contribution is 7.10. The summed E-state index contributed by atoms with van der Waals surface area (Å²) in [6.45, 7) is 3.69. The van der Waals surface area contributed by atoms with Crippen molar-refractivity contribution in [3.8, 4) is 11.3 Å². The lowest BCUT2D eigenvalue weighted by molar-refractivity contribution is 0.0595. The van der Waals surface area contributed by atoms with E-state index >= 15 is 0 Å². The van der Waals surface area contributed by atoms with Crippen molar-refractivity contribution in [2.75, 3.05) is 19.6 Å². The van der Waals surface area contributed by atoms with Crippen LogP contribution in [0.2, 0.25) is 0 Å². The van der Waals surface area contributed by atoms with Gasteiger partial charge in [0.1, 0.15) is 11.5 Å². The number of thiophene rings is 1. The molecule has 5 nitrogen and oxygen atoms in total. The molecule has 0 saturated carbocycles. The quantitative estimate of drug-likeness (QED) is 0.712. The van der Waals surface area contributed by atoms with E-state index in [2.05, 4.69) is 26.5 Å². The topological polar surface area (TPSA) is 52.2 Å². The molecule has 3 aromatic rings. The van der Waals surface area contributed by atoms with Gasteiger partial charge in [-0.3, -0.25) is 14.8 Å². The molecule has 7 heteroatoms. The number of carbonyl (C=O) groups excluding carboxylic acids is 1. The van der Waals surface area contributed by atoms with Crippen LogP contribution in [0.5, 0.6) is 0 Å². The summed E-state index contributed by atoms with van der Waals surface area (Å²) in [5.74, 6) is -0.296. The Morgan fingerprint density at radius 2 is 1.93 bits per heavy atom. The van der Waals surface area contributed by atoms with Crippen LogP contribution in [-0.4, -0.2) is 51.6 Å². The van der Waals surface area contributed by atoms with Crippen LogP contribution >= 0.6 is 11.3 Å². The molecule has 5 rings (SSSR count). The summed E-state index contributed by atoms with van der Waals surface area (Å²) in [4.78, 5) is 18.9. The van der Waals surface area contributed by atoms with Gasteiger partial charge in [-0.15, -0.1) is 11.3 Å². The molecule has 1 fully saturated rings. The molecule has 0 radical (unpaired) electrons. The number of piperidine rings is 1. The molecule has 0 atom stereocenters. The molecule has 4 heterocycles. The third-order valence-corrected chi connectivity index (χ3v) is 7.08. The first-order valence-corrected chi connectivity index (χ1v) is 11.0. The highest BCUT2D eigenvalue weighted by Crippen LogP contribution is 2.28. The summed E-state index contributed by atoms with van der Waals surface area (Å²) in [6, 6.07) is 10.7. The van der Waals surface area contributed by atoms with Gasteiger partial charge in [-0.25, -0.2) is 4.39 Å². The van der Waals surface area contributed by atoms with Crippen LogP contribution in [-0.2, 0) is 13.0 Å². The number of rotatable bonds is 3. The average Bonchev–Trinajstić information content (AvgIpc) is 3.43. The maximum Gasteiger partial charge on any atom is 0.271 e. The van der Waals surface area contributed by atoms with E-state index in [1.165, 1.54) is 22.6 Å². The second kappa shape index (κ2) is 7.72. The second-order valence-corrected chi connectivity index (χ2v) is 8.79. The molecule has 0 unspecified atom stereocenters. The van der Waals surface area contributed by atoms with Crippen molar-refractivity contribution in [2.24, 2.45) is 0 Å². The summed E-state index contributed by atoms with van der Waals surface area (Å²) in [7, 11) is 0. The molecule has 1 N–H and O–H groups in total. The van der Waals surface area contributed by atoms with Crippen molar-refractivity contribution in [2.45, 2.75) is 31.8 Å². The molecule has 0 aliphatic carbocycles. The fourth-order valence-corrected chi connectivity index (χ4v) is 5.28. The predicted octanol–water partition coefficient (Wildman–Crippen LogP) is 3.94. The minimum atomic E-state index is -0.285. The molecular formula is C22H23FN4OS. The third-order valence-electron chi connectivity index (χ3n) is 6.05. The van der Waals surface area contributed by atoms with Gasteiger partial charge in [-0.05, 0) is 66.6 Å². The first kappa shape index (κ1) is 18.5. The van der Waals surface area contributed by atoms with E-state index in [0.717, 1.165) is 51.0 Å². The van der Waals surface area contributed by atoms with Gasteiger partial charge in [0.15, 0.2) is 0 Å². The van der Waals surface area contributed by atoms with E-state index in [1.807, 2.05) is 16.2 Å². The van der Waals surface area contributed by atoms with Crippen LogP contribution in [0.1, 0.15) is 33.8 Å². The number of likely N-dealkylation sites (tertiary alicyclic amines) is 1. The number of halogens is 1. The number of fused-ring (bicyclic) bond motifs is 1. The van der Waals surface area contributed by atoms with E-state index in [4.69, 9.17) is 0 Å². The number of nitrogens with one attached hydrogen (secondary N) is 1. The fraction of sp³-hybridized carbons (Fsp3) is 0.364. The molecular weight excluding hydrogens is 387 g/mol. The van der Waals surface area contributed by atoms with E-state index in [9.17, 15) is 9.18 Å². The van der Waals surface area contributed by atoms with Gasteiger partial charge in [0.25, 0.3) is 5.91 Å². The number of H-pyrrole nitrogens is 1. The number of hydrogen-bond donors (Lipinski definition) is 1. The predicted molar refractivity (Wildman–Crippen MR) is 111 cm³/mol. The van der Waals surface area contributed by atoms with Crippen LogP contribution in [0.25, 0.3) is 11.3 Å². The number of nitrogens with zero attached hydrogens (tertiary/aromatic N) is 3. The Morgan fingerprint density at radius 3 is 2.72 bits per heavy atom. The van der Waals surface area contributed by atoms with Crippen LogP contribution in [0.3, 0.4) is 0 Å². The molecule has 0 spiro atoms. The summed E-state index contributed by atoms with van der Waals surface area (Å²) in [5.41, 5.74) is 3.41. The lowest BCUT2D eigenvalue weighted by Gasteiger charge is -2.40. The maximum absolute atomic E-state index is 13.1. The smallest absolute Gasteiger partial charge is 0.271 e. The Morgan fingerprint density at radius 1 is 1.14 bits per heavy atom. The molecule has 1 saturated heterocycles. The van der Waals surface area contributed by atoms with Crippen molar-refractivity contribution in [1.29, 1.82) is 0 Å². The molecule has 2 aromatic heterocycles. The minimum absolute atomic E-state index is 0.0110. The molecule has 29 heavy (non-hydrogen) atoms. The summed E-state index contributed by atoms with van der Waals surface area (Å²) in [5, 5.41) is 9.28. The largest absolute Gasteiger partial charge is 0.337 e. The van der Waals surface area contributed by atoms with Crippen LogP contribution < -0.4 is 0 Å². The minimum Gasteiger partial charge on any atom is -0.337 e. The van der Waals surface area contributed by atoms with Crippen LogP contribution in [0, 0.1) is 5.82 Å². The number of benzene rings is 1. The number of aromatic nitrogens is 2. The Hall–Kier alpha value is -2.51. The first-order valence-electron chi connectivity index (χ1n) is 10.1. The summed E-state index contributed by atoms with van der Waals surface area (Å²) in [6.07, 6.45) is 3.15. The highest BCUT2D eigenvalue weighted by atomic mass is 32.1. The summed E-state index contributed by atoms with van der Waals surface area (Å²) >= 11 is 1.87. The standard InChI is InChI=1S/C22H23FN4OS/c23-17-3-1-15(2-4-17)19-13-20(25-24-19)22(28)26-9-5-18(6-10-26)27-11-7-21-16(14-27)8-12-29-21/h1-4,8,12-13,18H,5-7,9-11,14H2,(H,24,25). The number of amides is 1. The lowest BCUT2D eigenvalue weighted by atomic mass is 9.99. The Balaban J connectivity index is 1.20. The Bertz CT molecular complexity index is 1000. The van der Waals surface area contributed by atoms with Gasteiger partial charge >= 0.3 is 0 Å². The SMILES string of the molecule is O=C(c1cc(-c2ccc(F)cc2)n[nH]1)N1CCC(N2CCc3sccc3C2)CC1. The van der Waals surface area contributed by atoms with Gasteiger partial charge < -0.3 is 4.90 Å². The van der Waals surface area contributed by atoms with Gasteiger partial charge in [0.2, 0.25) is 0 Å². The first-order chi connectivity index (χ1) is 14.2. The lowest BCUT2D eigenvalue weighted by Crippen LogP contribution is -2.48. The average molecular weight is 411 g/mol. The van der Waals surface area contributed by atoms with Gasteiger partial charge in [-0.2, -0.15) is 5.10 Å². The van der Waals surface area contributed by atoms with Gasteiger partial charge in [0.05, 0.1) is 5.69 Å². The van der Waals surface area contributed by atoms with Crippen molar-refractivity contribution in [3.05, 3.63) is 63.7 Å².